The minimum absolute atomic E-state index is 0.0106. The summed E-state index contributed by atoms with van der Waals surface area (Å²) >= 11 is 0. The Bertz CT molecular complexity index is 661. The van der Waals surface area contributed by atoms with Crippen LogP contribution >= 0.6 is 0 Å². The van der Waals surface area contributed by atoms with Crippen LogP contribution in [0.15, 0.2) is 25.0 Å². The molecule has 122 valence electrons. The van der Waals surface area contributed by atoms with E-state index in [9.17, 15) is 4.79 Å². The number of hydrogen-bond donors (Lipinski definition) is 0. The lowest BCUT2D eigenvalue weighted by atomic mass is 10.1. The Kier molecular flexibility index (Phi) is 3.82. The van der Waals surface area contributed by atoms with E-state index in [0.29, 0.717) is 26.3 Å². The molecule has 8 nitrogen and oxygen atoms in total. The highest BCUT2D eigenvalue weighted by Gasteiger charge is 2.32. The normalized spacial score (nSPS) is 24.4. The molecule has 2 atom stereocenters. The van der Waals surface area contributed by atoms with Gasteiger partial charge in [-0.05, 0) is 6.42 Å². The first kappa shape index (κ1) is 14.4. The summed E-state index contributed by atoms with van der Waals surface area (Å²) in [5, 5.41) is 4.19. The van der Waals surface area contributed by atoms with Gasteiger partial charge in [-0.3, -0.25) is 9.48 Å². The molecule has 0 spiro atoms. The highest BCUT2D eigenvalue weighted by atomic mass is 16.5. The topological polar surface area (TPSA) is 78.1 Å². The van der Waals surface area contributed by atoms with Gasteiger partial charge in [0, 0.05) is 44.6 Å². The van der Waals surface area contributed by atoms with Gasteiger partial charge < -0.3 is 14.2 Å². The predicted molar refractivity (Wildman–Crippen MR) is 80.1 cm³/mol. The molecule has 4 rings (SSSR count). The Balaban J connectivity index is 1.55. The van der Waals surface area contributed by atoms with Crippen molar-refractivity contribution in [2.75, 3.05) is 19.8 Å². The number of carbonyl (C=O) groups excluding carboxylic acids is 1. The van der Waals surface area contributed by atoms with E-state index >= 15 is 0 Å². The Morgan fingerprint density at radius 2 is 2.35 bits per heavy atom. The largest absolute Gasteiger partial charge is 0.381 e. The molecular weight excluding hydrogens is 296 g/mol. The van der Waals surface area contributed by atoms with Crippen molar-refractivity contribution in [2.45, 2.75) is 26.1 Å². The molecule has 8 heteroatoms. The molecule has 4 heterocycles. The van der Waals surface area contributed by atoms with Gasteiger partial charge in [0.15, 0.2) is 0 Å². The second-order valence-electron chi connectivity index (χ2n) is 6.26. The summed E-state index contributed by atoms with van der Waals surface area (Å²) in [4.78, 5) is 23.2. The molecule has 2 aromatic rings. The van der Waals surface area contributed by atoms with E-state index in [1.54, 1.807) is 12.5 Å². The Morgan fingerprint density at radius 1 is 1.39 bits per heavy atom. The van der Waals surface area contributed by atoms with E-state index in [-0.39, 0.29) is 17.7 Å². The van der Waals surface area contributed by atoms with E-state index in [2.05, 4.69) is 19.6 Å². The van der Waals surface area contributed by atoms with Crippen LogP contribution < -0.4 is 0 Å². The van der Waals surface area contributed by atoms with Crippen molar-refractivity contribution in [1.82, 2.24) is 29.2 Å². The molecule has 1 saturated heterocycles. The Labute approximate surface area is 134 Å². The van der Waals surface area contributed by atoms with Crippen molar-refractivity contribution >= 4 is 5.91 Å². The minimum Gasteiger partial charge on any atom is -0.381 e. The zero-order valence-corrected chi connectivity index (χ0v) is 12.9. The third-order valence-corrected chi connectivity index (χ3v) is 4.57. The van der Waals surface area contributed by atoms with Gasteiger partial charge >= 0.3 is 0 Å². The maximum atomic E-state index is 12.8. The summed E-state index contributed by atoms with van der Waals surface area (Å²) in [6.45, 7) is 4.07. The third kappa shape index (κ3) is 2.98. The summed E-state index contributed by atoms with van der Waals surface area (Å²) < 4.78 is 9.34. The maximum Gasteiger partial charge on any atom is 0.228 e. The number of aromatic nitrogens is 5. The fourth-order valence-electron chi connectivity index (χ4n) is 3.40. The van der Waals surface area contributed by atoms with Crippen LogP contribution in [0.2, 0.25) is 0 Å². The van der Waals surface area contributed by atoms with Gasteiger partial charge in [-0.1, -0.05) is 0 Å². The monoisotopic (exact) mass is 316 g/mol. The molecule has 0 aromatic carbocycles. The van der Waals surface area contributed by atoms with E-state index in [4.69, 9.17) is 4.74 Å². The number of nitrogens with zero attached hydrogens (tertiary/aromatic N) is 6. The van der Waals surface area contributed by atoms with Gasteiger partial charge in [-0.2, -0.15) is 5.10 Å². The smallest absolute Gasteiger partial charge is 0.228 e. The van der Waals surface area contributed by atoms with E-state index < -0.39 is 0 Å². The number of carbonyl (C=O) groups is 1. The van der Waals surface area contributed by atoms with Crippen LogP contribution in [0.25, 0.3) is 0 Å². The molecule has 0 unspecified atom stereocenters. The van der Waals surface area contributed by atoms with Gasteiger partial charge in [0.05, 0.1) is 19.1 Å². The summed E-state index contributed by atoms with van der Waals surface area (Å²) in [5.74, 6) is 1.39. The zero-order chi connectivity index (χ0) is 15.6. The number of amides is 1. The Morgan fingerprint density at radius 3 is 3.13 bits per heavy atom. The molecule has 0 saturated carbocycles. The summed E-state index contributed by atoms with van der Waals surface area (Å²) in [7, 11) is 0. The third-order valence-electron chi connectivity index (χ3n) is 4.57. The average Bonchev–Trinajstić information content (AvgIpc) is 3.28. The molecule has 1 amide bonds. The standard InChI is InChI=1S/C15H20N6O2/c22-15(13-1-4-23-9-13)20-6-12(7-21-11-16-10-18-21)5-19-3-2-17-14(19)8-20/h2-3,10-13H,1,4-9H2/t12-,13+/m0/s1. The molecule has 0 bridgehead atoms. The van der Waals surface area contributed by atoms with Crippen molar-refractivity contribution in [3.05, 3.63) is 30.9 Å². The van der Waals surface area contributed by atoms with Crippen LogP contribution in [0.1, 0.15) is 12.2 Å². The first-order valence-corrected chi connectivity index (χ1v) is 7.98. The number of imidazole rings is 1. The molecule has 0 aliphatic carbocycles. The van der Waals surface area contributed by atoms with Crippen LogP contribution in [-0.4, -0.2) is 54.9 Å². The maximum absolute atomic E-state index is 12.8. The molecule has 0 radical (unpaired) electrons. The number of fused-ring (bicyclic) bond motifs is 1. The molecular formula is C15H20N6O2. The number of rotatable bonds is 3. The lowest BCUT2D eigenvalue weighted by Gasteiger charge is -2.26. The van der Waals surface area contributed by atoms with E-state index in [1.807, 2.05) is 15.8 Å². The first-order valence-electron chi connectivity index (χ1n) is 7.98. The van der Waals surface area contributed by atoms with Crippen LogP contribution in [0.3, 0.4) is 0 Å². The SMILES string of the molecule is O=C([C@@H]1CCOC1)N1Cc2nccn2C[C@H](Cn2cncn2)C1. The fraction of sp³-hybridized carbons (Fsp3) is 0.600. The zero-order valence-electron chi connectivity index (χ0n) is 12.9. The van der Waals surface area contributed by atoms with Crippen LogP contribution in [-0.2, 0) is 29.2 Å². The lowest BCUT2D eigenvalue weighted by molar-refractivity contribution is -0.136. The molecule has 1 fully saturated rings. The number of ether oxygens (including phenoxy) is 1. The highest BCUT2D eigenvalue weighted by Crippen LogP contribution is 2.22. The molecule has 2 aliphatic heterocycles. The van der Waals surface area contributed by atoms with Crippen LogP contribution in [0.5, 0.6) is 0 Å². The van der Waals surface area contributed by atoms with Crippen LogP contribution in [0, 0.1) is 11.8 Å². The van der Waals surface area contributed by atoms with Gasteiger partial charge in [0.2, 0.25) is 5.91 Å². The summed E-state index contributed by atoms with van der Waals surface area (Å²) in [5.41, 5.74) is 0. The minimum atomic E-state index is -0.0106. The van der Waals surface area contributed by atoms with Crippen molar-refractivity contribution in [2.24, 2.45) is 11.8 Å². The van der Waals surface area contributed by atoms with Gasteiger partial charge in [0.25, 0.3) is 0 Å². The van der Waals surface area contributed by atoms with E-state index in [1.165, 1.54) is 6.33 Å². The van der Waals surface area contributed by atoms with Crippen molar-refractivity contribution in [1.29, 1.82) is 0 Å². The van der Waals surface area contributed by atoms with Crippen molar-refractivity contribution < 1.29 is 9.53 Å². The second kappa shape index (κ2) is 6.11. The molecule has 2 aliphatic rings. The van der Waals surface area contributed by atoms with Crippen molar-refractivity contribution in [3.63, 3.8) is 0 Å². The fourth-order valence-corrected chi connectivity index (χ4v) is 3.40. The number of hydrogen-bond acceptors (Lipinski definition) is 5. The van der Waals surface area contributed by atoms with Gasteiger partial charge in [-0.15, -0.1) is 0 Å². The summed E-state index contributed by atoms with van der Waals surface area (Å²) in [6.07, 6.45) is 7.86. The van der Waals surface area contributed by atoms with Crippen LogP contribution in [0.4, 0.5) is 0 Å². The predicted octanol–water partition coefficient (Wildman–Crippen LogP) is 0.170. The Hall–Kier alpha value is -2.22. The van der Waals surface area contributed by atoms with Gasteiger partial charge in [-0.25, -0.2) is 9.97 Å². The first-order chi connectivity index (χ1) is 11.3. The molecule has 2 aromatic heterocycles. The quantitative estimate of drug-likeness (QED) is 0.806. The molecule has 23 heavy (non-hydrogen) atoms. The second-order valence-corrected chi connectivity index (χ2v) is 6.26. The lowest BCUT2D eigenvalue weighted by Crippen LogP contribution is -2.39. The highest BCUT2D eigenvalue weighted by molar-refractivity contribution is 5.79. The molecule has 0 N–H and O–H groups in total. The van der Waals surface area contributed by atoms with E-state index in [0.717, 1.165) is 25.3 Å². The van der Waals surface area contributed by atoms with Gasteiger partial charge in [0.1, 0.15) is 18.5 Å². The average molecular weight is 316 g/mol. The summed E-state index contributed by atoms with van der Waals surface area (Å²) in [6, 6.07) is 0. The van der Waals surface area contributed by atoms with Crippen molar-refractivity contribution in [3.8, 4) is 0 Å².